The fourth-order valence-corrected chi connectivity index (χ4v) is 2.66. The number of benzene rings is 1. The molecular weight excluding hydrogens is 266 g/mol. The normalized spacial score (nSPS) is 12.1. The predicted molar refractivity (Wildman–Crippen MR) is 75.8 cm³/mol. The Morgan fingerprint density at radius 3 is 2.67 bits per heavy atom. The van der Waals surface area contributed by atoms with Crippen LogP contribution in [-0.2, 0) is 11.3 Å². The Balaban J connectivity index is 2.02. The molecule has 1 aromatic heterocycles. The number of alkyl halides is 1. The molecule has 0 N–H and O–H groups in total. The molecule has 1 aromatic carbocycles. The minimum absolute atomic E-state index is 0.0749. The SMILES string of the molecule is CN(Cc1ccsc1)C(=O)C(Cl)c1ccccc1. The van der Waals surface area contributed by atoms with Gasteiger partial charge in [0.2, 0.25) is 5.91 Å². The summed E-state index contributed by atoms with van der Waals surface area (Å²) in [7, 11) is 1.78. The molecule has 2 aromatic rings. The van der Waals surface area contributed by atoms with Crippen molar-refractivity contribution in [2.24, 2.45) is 0 Å². The molecule has 18 heavy (non-hydrogen) atoms. The Morgan fingerprint density at radius 1 is 1.33 bits per heavy atom. The first-order valence-corrected chi connectivity index (χ1v) is 7.01. The third-order valence-electron chi connectivity index (χ3n) is 2.69. The highest BCUT2D eigenvalue weighted by molar-refractivity contribution is 7.07. The van der Waals surface area contributed by atoms with Gasteiger partial charge in [-0.25, -0.2) is 0 Å². The fraction of sp³-hybridized carbons (Fsp3) is 0.214. The monoisotopic (exact) mass is 279 g/mol. The number of amides is 1. The van der Waals surface area contributed by atoms with E-state index in [0.29, 0.717) is 6.54 Å². The molecule has 0 aliphatic heterocycles. The number of rotatable bonds is 4. The largest absolute Gasteiger partial charge is 0.340 e. The van der Waals surface area contributed by atoms with Crippen molar-refractivity contribution in [3.05, 3.63) is 58.3 Å². The number of nitrogens with zero attached hydrogens (tertiary/aromatic N) is 1. The van der Waals surface area contributed by atoms with Gasteiger partial charge in [-0.3, -0.25) is 4.79 Å². The van der Waals surface area contributed by atoms with E-state index in [1.165, 1.54) is 0 Å². The summed E-state index contributed by atoms with van der Waals surface area (Å²) in [5, 5.41) is 3.42. The second-order valence-electron chi connectivity index (χ2n) is 4.10. The van der Waals surface area contributed by atoms with Crippen molar-refractivity contribution in [3.8, 4) is 0 Å². The summed E-state index contributed by atoms with van der Waals surface area (Å²) in [6, 6.07) is 11.4. The lowest BCUT2D eigenvalue weighted by molar-refractivity contribution is -0.130. The molecule has 1 amide bonds. The zero-order valence-electron chi connectivity index (χ0n) is 10.0. The van der Waals surface area contributed by atoms with Crippen molar-refractivity contribution in [1.82, 2.24) is 4.90 Å². The maximum absolute atomic E-state index is 12.2. The smallest absolute Gasteiger partial charge is 0.245 e. The Morgan fingerprint density at radius 2 is 2.06 bits per heavy atom. The number of carbonyl (C=O) groups is 1. The molecule has 4 heteroatoms. The summed E-state index contributed by atoms with van der Waals surface area (Å²) in [5.41, 5.74) is 1.97. The number of likely N-dealkylation sites (N-methyl/N-ethyl adjacent to an activating group) is 1. The van der Waals surface area contributed by atoms with E-state index in [1.807, 2.05) is 47.2 Å². The number of thiophene rings is 1. The highest BCUT2D eigenvalue weighted by atomic mass is 35.5. The van der Waals surface area contributed by atoms with Crippen LogP contribution in [0.25, 0.3) is 0 Å². The molecule has 0 radical (unpaired) electrons. The van der Waals surface area contributed by atoms with Gasteiger partial charge >= 0.3 is 0 Å². The first-order chi connectivity index (χ1) is 8.68. The maximum atomic E-state index is 12.2. The van der Waals surface area contributed by atoms with E-state index in [1.54, 1.807) is 23.3 Å². The van der Waals surface area contributed by atoms with E-state index in [-0.39, 0.29) is 5.91 Å². The second kappa shape index (κ2) is 6.03. The highest BCUT2D eigenvalue weighted by Gasteiger charge is 2.21. The Hall–Kier alpha value is -1.32. The van der Waals surface area contributed by atoms with Gasteiger partial charge in [0.05, 0.1) is 0 Å². The van der Waals surface area contributed by atoms with Crippen LogP contribution in [0.15, 0.2) is 47.2 Å². The van der Waals surface area contributed by atoms with Crippen LogP contribution in [0.5, 0.6) is 0 Å². The van der Waals surface area contributed by atoms with E-state index in [9.17, 15) is 4.79 Å². The van der Waals surface area contributed by atoms with Crippen molar-refractivity contribution >= 4 is 28.8 Å². The fourth-order valence-electron chi connectivity index (χ4n) is 1.69. The zero-order chi connectivity index (χ0) is 13.0. The van der Waals surface area contributed by atoms with Crippen LogP contribution in [0.4, 0.5) is 0 Å². The second-order valence-corrected chi connectivity index (χ2v) is 5.32. The molecular formula is C14H14ClNOS. The molecule has 0 aliphatic rings. The van der Waals surface area contributed by atoms with Gasteiger partial charge in [0.15, 0.2) is 0 Å². The van der Waals surface area contributed by atoms with Crippen LogP contribution in [0.2, 0.25) is 0 Å². The Labute approximate surface area is 116 Å². The average molecular weight is 280 g/mol. The Bertz CT molecular complexity index is 498. The molecule has 0 saturated carbocycles. The standard InChI is InChI=1S/C14H14ClNOS/c1-16(9-11-7-8-18-10-11)14(17)13(15)12-5-3-2-4-6-12/h2-8,10,13H,9H2,1H3. The van der Waals surface area contributed by atoms with Crippen molar-refractivity contribution in [3.63, 3.8) is 0 Å². The molecule has 94 valence electrons. The average Bonchev–Trinajstić information content (AvgIpc) is 2.91. The summed E-state index contributed by atoms with van der Waals surface area (Å²) < 4.78 is 0. The van der Waals surface area contributed by atoms with Crippen molar-refractivity contribution in [1.29, 1.82) is 0 Å². The summed E-state index contributed by atoms with van der Waals surface area (Å²) >= 11 is 7.83. The van der Waals surface area contributed by atoms with Gasteiger partial charge in [-0.1, -0.05) is 30.3 Å². The van der Waals surface area contributed by atoms with Crippen LogP contribution in [0.3, 0.4) is 0 Å². The molecule has 0 fully saturated rings. The molecule has 0 bridgehead atoms. The van der Waals surface area contributed by atoms with Gasteiger partial charge in [0, 0.05) is 13.6 Å². The topological polar surface area (TPSA) is 20.3 Å². The zero-order valence-corrected chi connectivity index (χ0v) is 11.6. The van der Waals surface area contributed by atoms with Crippen molar-refractivity contribution in [2.45, 2.75) is 11.9 Å². The quantitative estimate of drug-likeness (QED) is 0.782. The lowest BCUT2D eigenvalue weighted by atomic mass is 10.1. The van der Waals surface area contributed by atoms with Gasteiger partial charge in [-0.05, 0) is 28.0 Å². The van der Waals surface area contributed by atoms with Crippen molar-refractivity contribution in [2.75, 3.05) is 7.05 Å². The van der Waals surface area contributed by atoms with E-state index in [4.69, 9.17) is 11.6 Å². The van der Waals surface area contributed by atoms with Gasteiger partial charge < -0.3 is 4.90 Å². The summed E-state index contributed by atoms with van der Waals surface area (Å²) in [6.45, 7) is 0.596. The minimum Gasteiger partial charge on any atom is -0.340 e. The van der Waals surface area contributed by atoms with Gasteiger partial charge in [0.1, 0.15) is 5.38 Å². The van der Waals surface area contributed by atoms with Gasteiger partial charge in [-0.2, -0.15) is 11.3 Å². The lowest BCUT2D eigenvalue weighted by Gasteiger charge is -2.20. The van der Waals surface area contributed by atoms with Crippen LogP contribution >= 0.6 is 22.9 Å². The molecule has 2 rings (SSSR count). The third-order valence-corrected chi connectivity index (χ3v) is 3.86. The highest BCUT2D eigenvalue weighted by Crippen LogP contribution is 2.23. The predicted octanol–water partition coefficient (Wildman–Crippen LogP) is 3.69. The first kappa shape index (κ1) is 13.1. The number of hydrogen-bond acceptors (Lipinski definition) is 2. The lowest BCUT2D eigenvalue weighted by Crippen LogP contribution is -2.29. The maximum Gasteiger partial charge on any atom is 0.245 e. The van der Waals surface area contributed by atoms with Crippen LogP contribution in [0, 0.1) is 0 Å². The molecule has 2 nitrogen and oxygen atoms in total. The summed E-state index contributed by atoms with van der Waals surface area (Å²) in [6.07, 6.45) is 0. The van der Waals surface area contributed by atoms with Gasteiger partial charge in [-0.15, -0.1) is 11.6 Å². The molecule has 0 spiro atoms. The van der Waals surface area contributed by atoms with Crippen LogP contribution in [-0.4, -0.2) is 17.9 Å². The van der Waals surface area contributed by atoms with Crippen LogP contribution in [0.1, 0.15) is 16.5 Å². The van der Waals surface area contributed by atoms with Crippen molar-refractivity contribution < 1.29 is 4.79 Å². The Kier molecular flexibility index (Phi) is 4.39. The number of halogens is 1. The molecule has 1 atom stereocenters. The molecule has 1 heterocycles. The third kappa shape index (κ3) is 3.12. The molecule has 0 saturated heterocycles. The number of hydrogen-bond donors (Lipinski definition) is 0. The summed E-state index contributed by atoms with van der Waals surface area (Å²) in [5.74, 6) is -0.0749. The van der Waals surface area contributed by atoms with E-state index in [0.717, 1.165) is 11.1 Å². The molecule has 1 unspecified atom stereocenters. The van der Waals surface area contributed by atoms with E-state index >= 15 is 0 Å². The van der Waals surface area contributed by atoms with E-state index in [2.05, 4.69) is 0 Å². The number of carbonyl (C=O) groups excluding carboxylic acids is 1. The van der Waals surface area contributed by atoms with Gasteiger partial charge in [0.25, 0.3) is 0 Å². The van der Waals surface area contributed by atoms with Crippen LogP contribution < -0.4 is 0 Å². The molecule has 0 aliphatic carbocycles. The summed E-state index contributed by atoms with van der Waals surface area (Å²) in [4.78, 5) is 13.8. The van der Waals surface area contributed by atoms with E-state index < -0.39 is 5.38 Å². The first-order valence-electron chi connectivity index (χ1n) is 5.63. The minimum atomic E-state index is -0.616.